The predicted molar refractivity (Wildman–Crippen MR) is 79.5 cm³/mol. The summed E-state index contributed by atoms with van der Waals surface area (Å²) in [4.78, 5) is 14.0. The summed E-state index contributed by atoms with van der Waals surface area (Å²) in [6.45, 7) is 7.63. The van der Waals surface area contributed by atoms with Crippen LogP contribution in [0.5, 0.6) is 0 Å². The molecule has 1 aliphatic rings. The average molecular weight is 286 g/mol. The van der Waals surface area contributed by atoms with Crippen LogP contribution in [-0.2, 0) is 14.3 Å². The van der Waals surface area contributed by atoms with E-state index in [2.05, 4.69) is 6.92 Å². The van der Waals surface area contributed by atoms with E-state index >= 15 is 0 Å². The van der Waals surface area contributed by atoms with Crippen molar-refractivity contribution in [1.82, 2.24) is 4.90 Å². The lowest BCUT2D eigenvalue weighted by Crippen LogP contribution is -2.48. The number of rotatable bonds is 9. The standard InChI is InChI=1S/C15H30N2O3/c1-3-5-6-14(16)15(18)17-9-7-13(8-10-17)20-12-11-19-4-2/h13-14H,3-12,16H2,1-2H3. The van der Waals surface area contributed by atoms with Crippen molar-refractivity contribution in [2.75, 3.05) is 32.9 Å². The normalized spacial score (nSPS) is 18.2. The van der Waals surface area contributed by atoms with Crippen LogP contribution >= 0.6 is 0 Å². The van der Waals surface area contributed by atoms with Crippen LogP contribution in [-0.4, -0.2) is 55.9 Å². The summed E-state index contributed by atoms with van der Waals surface area (Å²) in [5.74, 6) is 0.103. The van der Waals surface area contributed by atoms with Crippen molar-refractivity contribution in [3.63, 3.8) is 0 Å². The average Bonchev–Trinajstić information content (AvgIpc) is 2.49. The summed E-state index contributed by atoms with van der Waals surface area (Å²) in [5.41, 5.74) is 5.94. The van der Waals surface area contributed by atoms with Gasteiger partial charge >= 0.3 is 0 Å². The lowest BCUT2D eigenvalue weighted by Gasteiger charge is -2.33. The summed E-state index contributed by atoms with van der Waals surface area (Å²) in [7, 11) is 0. The summed E-state index contributed by atoms with van der Waals surface area (Å²) in [6, 6.07) is -0.328. The minimum absolute atomic E-state index is 0.103. The van der Waals surface area contributed by atoms with Crippen molar-refractivity contribution < 1.29 is 14.3 Å². The van der Waals surface area contributed by atoms with Crippen molar-refractivity contribution in [1.29, 1.82) is 0 Å². The zero-order chi connectivity index (χ0) is 14.8. The Balaban J connectivity index is 2.19. The molecule has 2 N–H and O–H groups in total. The number of amides is 1. The zero-order valence-corrected chi connectivity index (χ0v) is 13.0. The van der Waals surface area contributed by atoms with Crippen LogP contribution in [0.15, 0.2) is 0 Å². The molecular formula is C15H30N2O3. The van der Waals surface area contributed by atoms with E-state index in [0.29, 0.717) is 13.2 Å². The second kappa shape index (κ2) is 10.1. The fourth-order valence-electron chi connectivity index (χ4n) is 2.44. The third-order valence-corrected chi connectivity index (χ3v) is 3.72. The topological polar surface area (TPSA) is 64.8 Å². The fourth-order valence-corrected chi connectivity index (χ4v) is 2.44. The van der Waals surface area contributed by atoms with Gasteiger partial charge in [-0.15, -0.1) is 0 Å². The van der Waals surface area contributed by atoms with Gasteiger partial charge in [-0.2, -0.15) is 0 Å². The Hall–Kier alpha value is -0.650. The number of hydrogen-bond donors (Lipinski definition) is 1. The quantitative estimate of drug-likeness (QED) is 0.653. The van der Waals surface area contributed by atoms with Gasteiger partial charge in [0.2, 0.25) is 5.91 Å². The number of piperidine rings is 1. The molecule has 0 saturated carbocycles. The van der Waals surface area contributed by atoms with Crippen LogP contribution in [0.4, 0.5) is 0 Å². The van der Waals surface area contributed by atoms with Gasteiger partial charge in [-0.1, -0.05) is 19.8 Å². The molecule has 1 aliphatic heterocycles. The highest BCUT2D eigenvalue weighted by molar-refractivity contribution is 5.81. The van der Waals surface area contributed by atoms with Crippen molar-refractivity contribution in [3.8, 4) is 0 Å². The van der Waals surface area contributed by atoms with E-state index in [1.165, 1.54) is 0 Å². The van der Waals surface area contributed by atoms with E-state index < -0.39 is 0 Å². The number of carbonyl (C=O) groups is 1. The smallest absolute Gasteiger partial charge is 0.239 e. The molecule has 1 saturated heterocycles. The first-order valence-corrected chi connectivity index (χ1v) is 7.92. The molecule has 0 radical (unpaired) electrons. The highest BCUT2D eigenvalue weighted by Gasteiger charge is 2.26. The predicted octanol–water partition coefficient (Wildman–Crippen LogP) is 1.55. The lowest BCUT2D eigenvalue weighted by molar-refractivity contribution is -0.135. The first kappa shape index (κ1) is 17.4. The van der Waals surface area contributed by atoms with Crippen molar-refractivity contribution in [2.24, 2.45) is 5.73 Å². The Labute approximate surface area is 122 Å². The van der Waals surface area contributed by atoms with E-state index in [0.717, 1.165) is 51.8 Å². The maximum Gasteiger partial charge on any atom is 0.239 e. The molecule has 1 amide bonds. The van der Waals surface area contributed by atoms with Gasteiger partial charge in [-0.05, 0) is 26.2 Å². The van der Waals surface area contributed by atoms with Gasteiger partial charge in [-0.3, -0.25) is 4.79 Å². The molecule has 20 heavy (non-hydrogen) atoms. The molecule has 0 aromatic carbocycles. The first-order chi connectivity index (χ1) is 9.69. The Morgan fingerprint density at radius 2 is 2.00 bits per heavy atom. The van der Waals surface area contributed by atoms with Crippen LogP contribution < -0.4 is 5.73 Å². The van der Waals surface area contributed by atoms with Crippen LogP contribution in [0.3, 0.4) is 0 Å². The van der Waals surface area contributed by atoms with Crippen molar-refractivity contribution >= 4 is 5.91 Å². The molecule has 1 unspecified atom stereocenters. The Morgan fingerprint density at radius 3 is 2.60 bits per heavy atom. The Bertz CT molecular complexity index is 266. The van der Waals surface area contributed by atoms with Crippen molar-refractivity contribution in [2.45, 2.75) is 58.1 Å². The minimum Gasteiger partial charge on any atom is -0.379 e. The molecule has 1 rings (SSSR count). The summed E-state index contributed by atoms with van der Waals surface area (Å²) < 4.78 is 11.0. The number of carbonyl (C=O) groups excluding carboxylic acids is 1. The third-order valence-electron chi connectivity index (χ3n) is 3.72. The zero-order valence-electron chi connectivity index (χ0n) is 13.0. The highest BCUT2D eigenvalue weighted by atomic mass is 16.5. The fraction of sp³-hybridized carbons (Fsp3) is 0.933. The van der Waals surface area contributed by atoms with Crippen LogP contribution in [0.2, 0.25) is 0 Å². The van der Waals surface area contributed by atoms with E-state index in [9.17, 15) is 4.79 Å². The second-order valence-electron chi connectivity index (χ2n) is 5.34. The number of nitrogens with zero attached hydrogens (tertiary/aromatic N) is 1. The van der Waals surface area contributed by atoms with Crippen LogP contribution in [0.25, 0.3) is 0 Å². The van der Waals surface area contributed by atoms with E-state index in [1.807, 2.05) is 11.8 Å². The maximum absolute atomic E-state index is 12.1. The van der Waals surface area contributed by atoms with Crippen LogP contribution in [0, 0.1) is 0 Å². The molecular weight excluding hydrogens is 256 g/mol. The van der Waals surface area contributed by atoms with E-state index in [-0.39, 0.29) is 18.1 Å². The summed E-state index contributed by atoms with van der Waals surface area (Å²) in [6.07, 6.45) is 4.95. The molecule has 5 nitrogen and oxygen atoms in total. The summed E-state index contributed by atoms with van der Waals surface area (Å²) in [5, 5.41) is 0. The molecule has 118 valence electrons. The monoisotopic (exact) mass is 286 g/mol. The lowest BCUT2D eigenvalue weighted by atomic mass is 10.0. The van der Waals surface area contributed by atoms with Crippen LogP contribution in [0.1, 0.15) is 46.0 Å². The van der Waals surface area contributed by atoms with E-state index in [1.54, 1.807) is 0 Å². The van der Waals surface area contributed by atoms with Gasteiger partial charge in [0.05, 0.1) is 25.4 Å². The summed E-state index contributed by atoms with van der Waals surface area (Å²) >= 11 is 0. The van der Waals surface area contributed by atoms with E-state index in [4.69, 9.17) is 15.2 Å². The SMILES string of the molecule is CCCCC(N)C(=O)N1CCC(OCCOCC)CC1. The van der Waals surface area contributed by atoms with Gasteiger partial charge in [0.15, 0.2) is 0 Å². The van der Waals surface area contributed by atoms with Crippen molar-refractivity contribution in [3.05, 3.63) is 0 Å². The Morgan fingerprint density at radius 1 is 1.30 bits per heavy atom. The Kier molecular flexibility index (Phi) is 8.82. The number of likely N-dealkylation sites (tertiary alicyclic amines) is 1. The largest absolute Gasteiger partial charge is 0.379 e. The van der Waals surface area contributed by atoms with Gasteiger partial charge in [0, 0.05) is 19.7 Å². The van der Waals surface area contributed by atoms with Gasteiger partial charge in [-0.25, -0.2) is 0 Å². The number of ether oxygens (including phenoxy) is 2. The molecule has 0 spiro atoms. The molecule has 0 aromatic rings. The molecule has 0 aliphatic carbocycles. The van der Waals surface area contributed by atoms with Gasteiger partial charge < -0.3 is 20.1 Å². The van der Waals surface area contributed by atoms with Gasteiger partial charge in [0.25, 0.3) is 0 Å². The molecule has 0 aromatic heterocycles. The molecule has 1 fully saturated rings. The maximum atomic E-state index is 12.1. The molecule has 1 heterocycles. The number of hydrogen-bond acceptors (Lipinski definition) is 4. The molecule has 1 atom stereocenters. The first-order valence-electron chi connectivity index (χ1n) is 7.92. The third kappa shape index (κ3) is 6.20. The van der Waals surface area contributed by atoms with Gasteiger partial charge in [0.1, 0.15) is 0 Å². The number of nitrogens with two attached hydrogens (primary N) is 1. The number of unbranched alkanes of at least 4 members (excludes halogenated alkanes) is 1. The second-order valence-corrected chi connectivity index (χ2v) is 5.34. The minimum atomic E-state index is -0.328. The highest BCUT2D eigenvalue weighted by Crippen LogP contribution is 2.15. The molecule has 0 bridgehead atoms. The molecule has 5 heteroatoms.